The Kier molecular flexibility index (Phi) is 4.83. The molecule has 0 aliphatic carbocycles. The van der Waals surface area contributed by atoms with Crippen LogP contribution in [0.5, 0.6) is 0 Å². The minimum absolute atomic E-state index is 0.0132. The van der Waals surface area contributed by atoms with Crippen LogP contribution in [0.25, 0.3) is 0 Å². The van der Waals surface area contributed by atoms with Gasteiger partial charge in [0.1, 0.15) is 0 Å². The molecule has 0 amide bonds. The average molecular weight is 230 g/mol. The summed E-state index contributed by atoms with van der Waals surface area (Å²) in [5, 5.41) is 9.68. The molecule has 0 aliphatic rings. The fraction of sp³-hybridized carbons (Fsp3) is 0.500. The van der Waals surface area contributed by atoms with Crippen molar-refractivity contribution in [1.29, 1.82) is 0 Å². The third-order valence-electron chi connectivity index (χ3n) is 2.49. The first-order chi connectivity index (χ1) is 7.57. The van der Waals surface area contributed by atoms with E-state index in [4.69, 9.17) is 4.74 Å². The molecule has 1 rings (SSSR count). The van der Waals surface area contributed by atoms with Crippen molar-refractivity contribution in [3.8, 4) is 0 Å². The molecule has 2 nitrogen and oxygen atoms in total. The van der Waals surface area contributed by atoms with Crippen molar-refractivity contribution >= 4 is 0 Å². The van der Waals surface area contributed by atoms with Crippen LogP contribution in [0.1, 0.15) is 30.1 Å². The number of halogens is 2. The monoisotopic (exact) mass is 230 g/mol. The molecule has 0 radical (unpaired) electrons. The van der Waals surface area contributed by atoms with E-state index in [-0.39, 0.29) is 11.1 Å². The van der Waals surface area contributed by atoms with Crippen molar-refractivity contribution in [2.24, 2.45) is 0 Å². The molecule has 1 atom stereocenters. The van der Waals surface area contributed by atoms with Gasteiger partial charge in [-0.3, -0.25) is 0 Å². The van der Waals surface area contributed by atoms with E-state index in [9.17, 15) is 13.9 Å². The molecule has 0 spiro atoms. The first kappa shape index (κ1) is 13.1. The van der Waals surface area contributed by atoms with Crippen LogP contribution in [-0.4, -0.2) is 18.8 Å². The number of methoxy groups -OCH3 is 1. The van der Waals surface area contributed by atoms with Gasteiger partial charge in [0.05, 0.1) is 6.10 Å². The third kappa shape index (κ3) is 3.00. The minimum Gasteiger partial charge on any atom is -0.388 e. The van der Waals surface area contributed by atoms with E-state index in [0.29, 0.717) is 19.4 Å². The standard InChI is InChI=1S/C12H16F2O2/c1-8-5-6-9(12(14)11(8)13)10(15)4-3-7-16-2/h5-6,10,15H,3-4,7H2,1-2H3. The van der Waals surface area contributed by atoms with Gasteiger partial charge in [-0.1, -0.05) is 12.1 Å². The SMILES string of the molecule is COCCCC(O)c1ccc(C)c(F)c1F. The molecule has 0 aromatic heterocycles. The Morgan fingerprint density at radius 1 is 1.31 bits per heavy atom. The molecule has 0 fully saturated rings. The number of hydrogen-bond acceptors (Lipinski definition) is 2. The summed E-state index contributed by atoms with van der Waals surface area (Å²) in [4.78, 5) is 0. The Bertz CT molecular complexity index is 353. The van der Waals surface area contributed by atoms with Crippen LogP contribution in [0.15, 0.2) is 12.1 Å². The van der Waals surface area contributed by atoms with Crippen LogP contribution in [-0.2, 0) is 4.74 Å². The number of aryl methyl sites for hydroxylation is 1. The summed E-state index contributed by atoms with van der Waals surface area (Å²) in [6.45, 7) is 1.98. The predicted octanol–water partition coefficient (Wildman–Crippen LogP) is 2.73. The zero-order valence-corrected chi connectivity index (χ0v) is 9.46. The van der Waals surface area contributed by atoms with Gasteiger partial charge in [-0.15, -0.1) is 0 Å². The van der Waals surface area contributed by atoms with Gasteiger partial charge in [0, 0.05) is 19.3 Å². The summed E-state index contributed by atoms with van der Waals surface area (Å²) in [6.07, 6.45) is -0.0231. The number of rotatable bonds is 5. The van der Waals surface area contributed by atoms with Crippen molar-refractivity contribution in [3.05, 3.63) is 34.9 Å². The topological polar surface area (TPSA) is 29.5 Å². The van der Waals surface area contributed by atoms with Crippen LogP contribution >= 0.6 is 0 Å². The first-order valence-corrected chi connectivity index (χ1v) is 5.19. The van der Waals surface area contributed by atoms with E-state index >= 15 is 0 Å². The fourth-order valence-electron chi connectivity index (χ4n) is 1.49. The van der Waals surface area contributed by atoms with Gasteiger partial charge in [-0.2, -0.15) is 0 Å². The maximum atomic E-state index is 13.5. The van der Waals surface area contributed by atoms with Crippen molar-refractivity contribution in [2.45, 2.75) is 25.9 Å². The highest BCUT2D eigenvalue weighted by Crippen LogP contribution is 2.24. The highest BCUT2D eigenvalue weighted by atomic mass is 19.2. The molecule has 0 saturated carbocycles. The number of ether oxygens (including phenoxy) is 1. The Balaban J connectivity index is 2.76. The van der Waals surface area contributed by atoms with Crippen molar-refractivity contribution in [2.75, 3.05) is 13.7 Å². The van der Waals surface area contributed by atoms with Gasteiger partial charge in [0.25, 0.3) is 0 Å². The summed E-state index contributed by atoms with van der Waals surface area (Å²) in [5.41, 5.74) is 0.254. The molecule has 0 heterocycles. The molecular weight excluding hydrogens is 214 g/mol. The highest BCUT2D eigenvalue weighted by Gasteiger charge is 2.17. The van der Waals surface area contributed by atoms with E-state index in [1.54, 1.807) is 7.11 Å². The Morgan fingerprint density at radius 2 is 2.00 bits per heavy atom. The fourth-order valence-corrected chi connectivity index (χ4v) is 1.49. The Labute approximate surface area is 93.9 Å². The maximum Gasteiger partial charge on any atom is 0.164 e. The smallest absolute Gasteiger partial charge is 0.164 e. The predicted molar refractivity (Wildman–Crippen MR) is 57.2 cm³/mol. The van der Waals surface area contributed by atoms with E-state index in [1.165, 1.54) is 19.1 Å². The number of aliphatic hydroxyl groups excluding tert-OH is 1. The summed E-state index contributed by atoms with van der Waals surface area (Å²) >= 11 is 0. The van der Waals surface area contributed by atoms with Gasteiger partial charge < -0.3 is 9.84 Å². The second kappa shape index (κ2) is 5.92. The summed E-state index contributed by atoms with van der Waals surface area (Å²) in [7, 11) is 1.55. The molecule has 90 valence electrons. The largest absolute Gasteiger partial charge is 0.388 e. The van der Waals surface area contributed by atoms with Gasteiger partial charge in [0.2, 0.25) is 0 Å². The third-order valence-corrected chi connectivity index (χ3v) is 2.49. The van der Waals surface area contributed by atoms with E-state index < -0.39 is 17.7 Å². The van der Waals surface area contributed by atoms with Gasteiger partial charge in [0.15, 0.2) is 11.6 Å². The lowest BCUT2D eigenvalue weighted by molar-refractivity contribution is 0.132. The minimum atomic E-state index is -0.981. The van der Waals surface area contributed by atoms with Crippen LogP contribution in [0, 0.1) is 18.6 Å². The molecule has 4 heteroatoms. The highest BCUT2D eigenvalue weighted by molar-refractivity contribution is 5.26. The molecule has 1 unspecified atom stereocenters. The Hall–Kier alpha value is -1.00. The first-order valence-electron chi connectivity index (χ1n) is 5.19. The molecule has 0 saturated heterocycles. The van der Waals surface area contributed by atoms with Crippen molar-refractivity contribution in [3.63, 3.8) is 0 Å². The molecule has 0 aliphatic heterocycles. The van der Waals surface area contributed by atoms with Crippen LogP contribution < -0.4 is 0 Å². The molecule has 1 aromatic carbocycles. The molecule has 16 heavy (non-hydrogen) atoms. The van der Waals surface area contributed by atoms with E-state index in [2.05, 4.69) is 0 Å². The maximum absolute atomic E-state index is 13.5. The van der Waals surface area contributed by atoms with Crippen molar-refractivity contribution in [1.82, 2.24) is 0 Å². The lowest BCUT2D eigenvalue weighted by Crippen LogP contribution is -2.05. The number of benzene rings is 1. The molecule has 1 N–H and O–H groups in total. The average Bonchev–Trinajstić information content (AvgIpc) is 2.26. The second-order valence-corrected chi connectivity index (χ2v) is 3.75. The quantitative estimate of drug-likeness (QED) is 0.788. The van der Waals surface area contributed by atoms with Gasteiger partial charge >= 0.3 is 0 Å². The number of hydrogen-bond donors (Lipinski definition) is 1. The summed E-state index contributed by atoms with van der Waals surface area (Å²) in [5.74, 6) is -1.84. The zero-order chi connectivity index (χ0) is 12.1. The summed E-state index contributed by atoms with van der Waals surface area (Å²) in [6, 6.07) is 2.89. The van der Waals surface area contributed by atoms with Crippen LogP contribution in [0.4, 0.5) is 8.78 Å². The summed E-state index contributed by atoms with van der Waals surface area (Å²) < 4.78 is 31.5. The second-order valence-electron chi connectivity index (χ2n) is 3.75. The van der Waals surface area contributed by atoms with E-state index in [1.807, 2.05) is 0 Å². The van der Waals surface area contributed by atoms with Crippen LogP contribution in [0.2, 0.25) is 0 Å². The number of aliphatic hydroxyl groups is 1. The van der Waals surface area contributed by atoms with Gasteiger partial charge in [-0.25, -0.2) is 8.78 Å². The molecule has 1 aromatic rings. The lowest BCUT2D eigenvalue weighted by atomic mass is 10.0. The zero-order valence-electron chi connectivity index (χ0n) is 9.46. The lowest BCUT2D eigenvalue weighted by Gasteiger charge is -2.12. The van der Waals surface area contributed by atoms with Crippen LogP contribution in [0.3, 0.4) is 0 Å². The molecular formula is C12H16F2O2. The van der Waals surface area contributed by atoms with Gasteiger partial charge in [-0.05, 0) is 25.3 Å². The van der Waals surface area contributed by atoms with E-state index in [0.717, 1.165) is 0 Å². The normalized spacial score (nSPS) is 12.8. The molecule has 0 bridgehead atoms. The Morgan fingerprint density at radius 3 is 2.62 bits per heavy atom. The van der Waals surface area contributed by atoms with Crippen molar-refractivity contribution < 1.29 is 18.6 Å².